The Hall–Kier alpha value is -3.23. The minimum absolute atomic E-state index is 0.165. The van der Waals surface area contributed by atoms with Gasteiger partial charge in [0.1, 0.15) is 0 Å². The van der Waals surface area contributed by atoms with E-state index in [1.807, 2.05) is 96.4 Å². The number of carbonyl (C=O) groups is 1. The van der Waals surface area contributed by atoms with Crippen LogP contribution in [-0.4, -0.2) is 32.1 Å². The summed E-state index contributed by atoms with van der Waals surface area (Å²) in [6.45, 7) is 2.01. The lowest BCUT2D eigenvalue weighted by Crippen LogP contribution is -2.22. The first-order chi connectivity index (χ1) is 16.2. The molecule has 4 aromatic rings. The molecule has 0 aliphatic heterocycles. The Labute approximate surface area is 205 Å². The molecule has 1 aromatic heterocycles. The van der Waals surface area contributed by atoms with Crippen molar-refractivity contribution < 1.29 is 4.79 Å². The zero-order valence-corrected chi connectivity index (χ0v) is 20.4. The van der Waals surface area contributed by atoms with Gasteiger partial charge in [0.25, 0.3) is 5.91 Å². The smallest absolute Gasteiger partial charge is 0.250 e. The number of halogens is 1. The SMILES string of the molecule is CCC(=NNC(=O)CSc1nnc(-c2cccc(Br)c2)n1-c1ccccc1)c1ccccc1. The maximum atomic E-state index is 12.5. The lowest BCUT2D eigenvalue weighted by atomic mass is 10.1. The van der Waals surface area contributed by atoms with Crippen molar-refractivity contribution in [3.05, 3.63) is 95.0 Å². The largest absolute Gasteiger partial charge is 0.272 e. The number of aromatic nitrogens is 3. The van der Waals surface area contributed by atoms with Crippen molar-refractivity contribution in [2.24, 2.45) is 5.10 Å². The summed E-state index contributed by atoms with van der Waals surface area (Å²) < 4.78 is 2.92. The second-order valence-electron chi connectivity index (χ2n) is 7.09. The van der Waals surface area contributed by atoms with Gasteiger partial charge in [0.2, 0.25) is 0 Å². The average Bonchev–Trinajstić information content (AvgIpc) is 3.28. The molecular formula is C25H22BrN5OS. The van der Waals surface area contributed by atoms with E-state index in [9.17, 15) is 4.79 Å². The van der Waals surface area contributed by atoms with E-state index in [4.69, 9.17) is 0 Å². The predicted octanol–water partition coefficient (Wildman–Crippen LogP) is 5.72. The first-order valence-electron chi connectivity index (χ1n) is 10.5. The first-order valence-corrected chi connectivity index (χ1v) is 12.2. The van der Waals surface area contributed by atoms with Crippen LogP contribution in [0.1, 0.15) is 18.9 Å². The van der Waals surface area contributed by atoms with Crippen LogP contribution in [0, 0.1) is 0 Å². The number of hydrogen-bond donors (Lipinski definition) is 1. The van der Waals surface area contributed by atoms with E-state index in [1.165, 1.54) is 11.8 Å². The van der Waals surface area contributed by atoms with Crippen molar-refractivity contribution in [1.29, 1.82) is 0 Å². The Morgan fingerprint density at radius 3 is 2.42 bits per heavy atom. The van der Waals surface area contributed by atoms with E-state index in [0.29, 0.717) is 11.0 Å². The number of para-hydroxylation sites is 1. The molecule has 3 aromatic carbocycles. The minimum atomic E-state index is -0.200. The molecule has 0 unspecified atom stereocenters. The fraction of sp³-hybridized carbons (Fsp3) is 0.120. The van der Waals surface area contributed by atoms with Crippen LogP contribution in [0.4, 0.5) is 0 Å². The summed E-state index contributed by atoms with van der Waals surface area (Å²) in [5.41, 5.74) is 6.35. The highest BCUT2D eigenvalue weighted by Gasteiger charge is 2.17. The Morgan fingerprint density at radius 1 is 1.00 bits per heavy atom. The van der Waals surface area contributed by atoms with E-state index in [0.717, 1.165) is 33.4 Å². The standard InChI is InChI=1S/C25H22BrN5OS/c1-2-22(18-10-5-3-6-11-18)27-28-23(32)17-33-25-30-29-24(19-12-9-13-20(26)16-19)31(25)21-14-7-4-8-15-21/h3-16H,2,17H2,1H3,(H,28,32). The van der Waals surface area contributed by atoms with Crippen molar-refractivity contribution in [3.8, 4) is 17.1 Å². The van der Waals surface area contributed by atoms with E-state index in [1.54, 1.807) is 0 Å². The molecule has 33 heavy (non-hydrogen) atoms. The molecule has 6 nitrogen and oxygen atoms in total. The van der Waals surface area contributed by atoms with Gasteiger partial charge in [0.15, 0.2) is 11.0 Å². The Kier molecular flexibility index (Phi) is 7.70. The number of nitrogens with zero attached hydrogens (tertiary/aromatic N) is 4. The van der Waals surface area contributed by atoms with Crippen molar-refractivity contribution in [1.82, 2.24) is 20.2 Å². The molecule has 1 heterocycles. The molecule has 0 radical (unpaired) electrons. The van der Waals surface area contributed by atoms with E-state index < -0.39 is 0 Å². The normalized spacial score (nSPS) is 11.4. The van der Waals surface area contributed by atoms with Crippen LogP contribution < -0.4 is 5.43 Å². The van der Waals surface area contributed by atoms with Crippen LogP contribution in [0.3, 0.4) is 0 Å². The quantitative estimate of drug-likeness (QED) is 0.183. The van der Waals surface area contributed by atoms with Gasteiger partial charge in [-0.2, -0.15) is 5.10 Å². The first kappa shape index (κ1) is 22.9. The number of carbonyl (C=O) groups excluding carboxylic acids is 1. The number of thioether (sulfide) groups is 1. The highest BCUT2D eigenvalue weighted by molar-refractivity contribution is 9.10. The van der Waals surface area contributed by atoms with Gasteiger partial charge >= 0.3 is 0 Å². The number of nitrogens with one attached hydrogen (secondary N) is 1. The highest BCUT2D eigenvalue weighted by atomic mass is 79.9. The van der Waals surface area contributed by atoms with Crippen molar-refractivity contribution in [2.75, 3.05) is 5.75 Å². The Bertz CT molecular complexity index is 1260. The molecule has 0 aliphatic carbocycles. The molecule has 8 heteroatoms. The second kappa shape index (κ2) is 11.1. The van der Waals surface area contributed by atoms with Gasteiger partial charge in [-0.25, -0.2) is 5.43 Å². The van der Waals surface area contributed by atoms with Gasteiger partial charge in [-0.15, -0.1) is 10.2 Å². The molecular weight excluding hydrogens is 498 g/mol. The molecule has 0 fully saturated rings. The number of amides is 1. The third-order valence-corrected chi connectivity index (χ3v) is 6.24. The predicted molar refractivity (Wildman–Crippen MR) is 137 cm³/mol. The van der Waals surface area contributed by atoms with Gasteiger partial charge in [0, 0.05) is 15.7 Å². The molecule has 1 amide bonds. The van der Waals surface area contributed by atoms with Crippen LogP contribution in [0.15, 0.2) is 99.7 Å². The topological polar surface area (TPSA) is 72.2 Å². The van der Waals surface area contributed by atoms with Gasteiger partial charge in [-0.05, 0) is 36.2 Å². The molecule has 166 valence electrons. The Balaban J connectivity index is 1.53. The van der Waals surface area contributed by atoms with Crippen molar-refractivity contribution in [2.45, 2.75) is 18.5 Å². The lowest BCUT2D eigenvalue weighted by molar-refractivity contribution is -0.118. The number of benzene rings is 3. The number of hydrazone groups is 1. The van der Waals surface area contributed by atoms with Crippen LogP contribution in [0.5, 0.6) is 0 Å². The van der Waals surface area contributed by atoms with E-state index >= 15 is 0 Å². The maximum absolute atomic E-state index is 12.5. The van der Waals surface area contributed by atoms with Crippen LogP contribution in [0.25, 0.3) is 17.1 Å². The van der Waals surface area contributed by atoms with Gasteiger partial charge in [-0.1, -0.05) is 95.3 Å². The van der Waals surface area contributed by atoms with Crippen LogP contribution >= 0.6 is 27.7 Å². The second-order valence-corrected chi connectivity index (χ2v) is 8.95. The van der Waals surface area contributed by atoms with E-state index in [-0.39, 0.29) is 11.7 Å². The molecule has 4 rings (SSSR count). The molecule has 1 N–H and O–H groups in total. The minimum Gasteiger partial charge on any atom is -0.272 e. The maximum Gasteiger partial charge on any atom is 0.250 e. The van der Waals surface area contributed by atoms with Crippen LogP contribution in [-0.2, 0) is 4.79 Å². The fourth-order valence-electron chi connectivity index (χ4n) is 3.26. The van der Waals surface area contributed by atoms with Gasteiger partial charge in [0.05, 0.1) is 11.5 Å². The molecule has 0 saturated carbocycles. The van der Waals surface area contributed by atoms with Crippen LogP contribution in [0.2, 0.25) is 0 Å². The molecule has 0 bridgehead atoms. The third kappa shape index (κ3) is 5.77. The van der Waals surface area contributed by atoms with Gasteiger partial charge in [-0.3, -0.25) is 9.36 Å². The molecule has 0 aliphatic rings. The van der Waals surface area contributed by atoms with Crippen molar-refractivity contribution in [3.63, 3.8) is 0 Å². The third-order valence-electron chi connectivity index (χ3n) is 4.82. The fourth-order valence-corrected chi connectivity index (χ4v) is 4.40. The Morgan fingerprint density at radius 2 is 1.73 bits per heavy atom. The summed E-state index contributed by atoms with van der Waals surface area (Å²) in [6.07, 6.45) is 0.718. The highest BCUT2D eigenvalue weighted by Crippen LogP contribution is 2.29. The van der Waals surface area contributed by atoms with E-state index in [2.05, 4.69) is 36.7 Å². The molecule has 0 spiro atoms. The molecule has 0 saturated heterocycles. The zero-order valence-electron chi connectivity index (χ0n) is 18.0. The monoisotopic (exact) mass is 519 g/mol. The summed E-state index contributed by atoms with van der Waals surface area (Å²) in [7, 11) is 0. The van der Waals surface area contributed by atoms with Crippen molar-refractivity contribution >= 4 is 39.3 Å². The zero-order chi connectivity index (χ0) is 23.0. The summed E-state index contributed by atoms with van der Waals surface area (Å²) >= 11 is 4.84. The molecule has 0 atom stereocenters. The lowest BCUT2D eigenvalue weighted by Gasteiger charge is -2.10. The summed E-state index contributed by atoms with van der Waals surface area (Å²) in [4.78, 5) is 12.5. The van der Waals surface area contributed by atoms with Gasteiger partial charge < -0.3 is 0 Å². The summed E-state index contributed by atoms with van der Waals surface area (Å²) in [5.74, 6) is 0.674. The number of hydrogen-bond acceptors (Lipinski definition) is 5. The average molecular weight is 520 g/mol. The summed E-state index contributed by atoms with van der Waals surface area (Å²) in [5, 5.41) is 13.8. The number of rotatable bonds is 8. The summed E-state index contributed by atoms with van der Waals surface area (Å²) in [6, 6.07) is 27.6.